The number of aromatic nitrogens is 2. The van der Waals surface area contributed by atoms with Gasteiger partial charge in [0, 0.05) is 16.9 Å². The minimum atomic E-state index is -3.73. The number of amides is 1. The third-order valence-electron chi connectivity index (χ3n) is 3.50. The highest BCUT2D eigenvalue weighted by atomic mass is 32.2. The normalized spacial score (nSPS) is 13.9. The molecule has 2 aromatic rings. The average Bonchev–Trinajstić information content (AvgIpc) is 2.93. The van der Waals surface area contributed by atoms with E-state index in [1.165, 1.54) is 12.1 Å². The molecule has 7 nitrogen and oxygen atoms in total. The number of anilines is 2. The quantitative estimate of drug-likeness (QED) is 0.795. The number of aryl methyl sites for hydroxylation is 1. The van der Waals surface area contributed by atoms with E-state index in [4.69, 9.17) is 0 Å². The molecule has 3 N–H and O–H groups in total. The first-order valence-corrected chi connectivity index (χ1v) is 7.82. The second kappa shape index (κ2) is 4.59. The SMILES string of the molecule is Cc1[nH]nc(NS(=O)(=O)c2ccc3c(c2)CC(=O)N3)c1C. The van der Waals surface area contributed by atoms with E-state index in [0.717, 1.165) is 11.3 Å². The second-order valence-corrected chi connectivity index (χ2v) is 6.65. The zero-order valence-electron chi connectivity index (χ0n) is 11.5. The molecule has 1 aromatic carbocycles. The van der Waals surface area contributed by atoms with E-state index >= 15 is 0 Å². The van der Waals surface area contributed by atoms with Gasteiger partial charge in [0.1, 0.15) is 0 Å². The Hall–Kier alpha value is -2.35. The molecule has 2 heterocycles. The van der Waals surface area contributed by atoms with Gasteiger partial charge in [0.2, 0.25) is 5.91 Å². The summed E-state index contributed by atoms with van der Waals surface area (Å²) in [6, 6.07) is 4.56. The number of H-pyrrole nitrogens is 1. The number of benzene rings is 1. The maximum absolute atomic E-state index is 12.4. The van der Waals surface area contributed by atoms with Gasteiger partial charge >= 0.3 is 0 Å². The van der Waals surface area contributed by atoms with Crippen molar-refractivity contribution in [2.24, 2.45) is 0 Å². The van der Waals surface area contributed by atoms with Gasteiger partial charge in [0.05, 0.1) is 11.3 Å². The molecule has 3 rings (SSSR count). The van der Waals surface area contributed by atoms with Gasteiger partial charge in [-0.25, -0.2) is 8.42 Å². The van der Waals surface area contributed by atoms with Crippen molar-refractivity contribution in [3.8, 4) is 0 Å². The van der Waals surface area contributed by atoms with Crippen LogP contribution in [0.1, 0.15) is 16.8 Å². The Balaban J connectivity index is 1.94. The number of aromatic amines is 1. The number of hydrogen-bond acceptors (Lipinski definition) is 4. The van der Waals surface area contributed by atoms with Crippen LogP contribution in [0, 0.1) is 13.8 Å². The number of carbonyl (C=O) groups excluding carboxylic acids is 1. The third-order valence-corrected chi connectivity index (χ3v) is 4.83. The highest BCUT2D eigenvalue weighted by molar-refractivity contribution is 7.92. The van der Waals surface area contributed by atoms with Gasteiger partial charge in [-0.1, -0.05) is 0 Å². The Kier molecular flexibility index (Phi) is 2.98. The second-order valence-electron chi connectivity index (χ2n) is 4.97. The Morgan fingerprint density at radius 1 is 1.29 bits per heavy atom. The fourth-order valence-corrected chi connectivity index (χ4v) is 3.26. The van der Waals surface area contributed by atoms with Gasteiger partial charge in [-0.2, -0.15) is 5.10 Å². The van der Waals surface area contributed by atoms with Gasteiger partial charge in [-0.15, -0.1) is 0 Å². The number of sulfonamides is 1. The van der Waals surface area contributed by atoms with Crippen LogP contribution in [0.2, 0.25) is 0 Å². The molecule has 0 unspecified atom stereocenters. The maximum atomic E-state index is 12.4. The van der Waals surface area contributed by atoms with Gasteiger partial charge in [-0.3, -0.25) is 14.6 Å². The Morgan fingerprint density at radius 3 is 2.71 bits per heavy atom. The highest BCUT2D eigenvalue weighted by Crippen LogP contribution is 2.27. The zero-order valence-corrected chi connectivity index (χ0v) is 12.3. The fourth-order valence-electron chi connectivity index (χ4n) is 2.14. The molecule has 0 spiro atoms. The Bertz CT molecular complexity index is 839. The van der Waals surface area contributed by atoms with Crippen LogP contribution in [-0.4, -0.2) is 24.5 Å². The van der Waals surface area contributed by atoms with Crippen LogP contribution in [0.15, 0.2) is 23.1 Å². The lowest BCUT2D eigenvalue weighted by atomic mass is 10.2. The molecule has 0 atom stereocenters. The number of carbonyl (C=O) groups is 1. The average molecular weight is 306 g/mol. The van der Waals surface area contributed by atoms with E-state index < -0.39 is 10.0 Å². The van der Waals surface area contributed by atoms with Crippen LogP contribution >= 0.6 is 0 Å². The Labute approximate surface area is 121 Å². The molecule has 0 radical (unpaired) electrons. The summed E-state index contributed by atoms with van der Waals surface area (Å²) >= 11 is 0. The summed E-state index contributed by atoms with van der Waals surface area (Å²) < 4.78 is 27.2. The summed E-state index contributed by atoms with van der Waals surface area (Å²) in [5.41, 5.74) is 2.89. The predicted octanol–water partition coefficient (Wildman–Crippen LogP) is 1.32. The highest BCUT2D eigenvalue weighted by Gasteiger charge is 2.23. The van der Waals surface area contributed by atoms with E-state index in [1.807, 2.05) is 6.92 Å². The van der Waals surface area contributed by atoms with E-state index in [9.17, 15) is 13.2 Å². The molecule has 1 amide bonds. The summed E-state index contributed by atoms with van der Waals surface area (Å²) in [6.45, 7) is 3.59. The molecule has 110 valence electrons. The van der Waals surface area contributed by atoms with Gasteiger partial charge in [0.15, 0.2) is 5.82 Å². The van der Waals surface area contributed by atoms with Gasteiger partial charge in [0.25, 0.3) is 10.0 Å². The largest absolute Gasteiger partial charge is 0.326 e. The van der Waals surface area contributed by atoms with Gasteiger partial charge in [-0.05, 0) is 37.6 Å². The van der Waals surface area contributed by atoms with Crippen LogP contribution < -0.4 is 10.0 Å². The molecule has 1 aliphatic rings. The maximum Gasteiger partial charge on any atom is 0.263 e. The molecule has 21 heavy (non-hydrogen) atoms. The number of rotatable bonds is 3. The summed E-state index contributed by atoms with van der Waals surface area (Å²) in [6.07, 6.45) is 0.194. The number of fused-ring (bicyclic) bond motifs is 1. The van der Waals surface area contributed by atoms with E-state index in [0.29, 0.717) is 11.3 Å². The molecule has 0 saturated carbocycles. The van der Waals surface area contributed by atoms with E-state index in [1.54, 1.807) is 13.0 Å². The predicted molar refractivity (Wildman–Crippen MR) is 77.6 cm³/mol. The van der Waals surface area contributed by atoms with E-state index in [-0.39, 0.29) is 23.0 Å². The molecule has 1 aromatic heterocycles. The smallest absolute Gasteiger partial charge is 0.263 e. The molecule has 0 saturated heterocycles. The molecule has 1 aliphatic heterocycles. The van der Waals surface area contributed by atoms with Crippen molar-refractivity contribution in [1.29, 1.82) is 0 Å². The first kappa shape index (κ1) is 13.6. The number of nitrogens with one attached hydrogen (secondary N) is 3. The van der Waals surface area contributed by atoms with Crippen molar-refractivity contribution < 1.29 is 13.2 Å². The monoisotopic (exact) mass is 306 g/mol. The first-order chi connectivity index (χ1) is 9.87. The summed E-state index contributed by atoms with van der Waals surface area (Å²) in [4.78, 5) is 11.4. The lowest BCUT2D eigenvalue weighted by Crippen LogP contribution is -2.14. The lowest BCUT2D eigenvalue weighted by Gasteiger charge is -2.08. The van der Waals surface area contributed by atoms with Crippen molar-refractivity contribution in [3.63, 3.8) is 0 Å². The van der Waals surface area contributed by atoms with Crippen LogP contribution in [-0.2, 0) is 21.2 Å². The van der Waals surface area contributed by atoms with Crippen LogP contribution in [0.5, 0.6) is 0 Å². The van der Waals surface area contributed by atoms with Crippen molar-refractivity contribution in [2.45, 2.75) is 25.2 Å². The first-order valence-electron chi connectivity index (χ1n) is 6.34. The summed E-state index contributed by atoms with van der Waals surface area (Å²) in [7, 11) is -3.73. The standard InChI is InChI=1S/C13H14N4O3S/c1-7-8(2)15-16-13(7)17-21(19,20)10-3-4-11-9(5-10)6-12(18)14-11/h3-5H,6H2,1-2H3,(H,14,18)(H2,15,16,17). The molecule has 8 heteroatoms. The van der Waals surface area contributed by atoms with Crippen molar-refractivity contribution in [2.75, 3.05) is 10.0 Å². The molecular weight excluding hydrogens is 292 g/mol. The van der Waals surface area contributed by atoms with Crippen molar-refractivity contribution in [1.82, 2.24) is 10.2 Å². The van der Waals surface area contributed by atoms with Crippen molar-refractivity contribution >= 4 is 27.4 Å². The van der Waals surface area contributed by atoms with E-state index in [2.05, 4.69) is 20.2 Å². The lowest BCUT2D eigenvalue weighted by molar-refractivity contribution is -0.115. The minimum absolute atomic E-state index is 0.109. The number of nitrogens with zero attached hydrogens (tertiary/aromatic N) is 1. The zero-order chi connectivity index (χ0) is 15.2. The van der Waals surface area contributed by atoms with Crippen LogP contribution in [0.25, 0.3) is 0 Å². The molecule has 0 fully saturated rings. The Morgan fingerprint density at radius 2 is 2.05 bits per heavy atom. The number of hydrogen-bond donors (Lipinski definition) is 3. The topological polar surface area (TPSA) is 104 Å². The van der Waals surface area contributed by atoms with Crippen molar-refractivity contribution in [3.05, 3.63) is 35.0 Å². The molecule has 0 bridgehead atoms. The third kappa shape index (κ3) is 2.38. The molecular formula is C13H14N4O3S. The van der Waals surface area contributed by atoms with Crippen LogP contribution in [0.3, 0.4) is 0 Å². The minimum Gasteiger partial charge on any atom is -0.326 e. The summed E-state index contributed by atoms with van der Waals surface area (Å²) in [5.74, 6) is 0.147. The summed E-state index contributed by atoms with van der Waals surface area (Å²) in [5, 5.41) is 9.32. The molecule has 0 aliphatic carbocycles. The fraction of sp³-hybridized carbons (Fsp3) is 0.231. The van der Waals surface area contributed by atoms with Gasteiger partial charge < -0.3 is 5.32 Å². The van der Waals surface area contributed by atoms with Crippen LogP contribution in [0.4, 0.5) is 11.5 Å².